The van der Waals surface area contributed by atoms with Crippen molar-refractivity contribution in [2.24, 2.45) is 5.73 Å². The van der Waals surface area contributed by atoms with Crippen molar-refractivity contribution in [1.82, 2.24) is 0 Å². The Kier molecular flexibility index (Phi) is 31.5. The van der Waals surface area contributed by atoms with Gasteiger partial charge in [-0.05, 0) is 192 Å². The van der Waals surface area contributed by atoms with Crippen molar-refractivity contribution in [2.75, 3.05) is 0 Å². The Labute approximate surface area is 769 Å². The summed E-state index contributed by atoms with van der Waals surface area (Å²) in [6, 6.07) is 127. The highest BCUT2D eigenvalue weighted by Crippen LogP contribution is 2.36. The molecule has 0 radical (unpaired) electrons. The lowest BCUT2D eigenvalue weighted by molar-refractivity contribution is -0.138. The molecule has 16 rings (SSSR count). The summed E-state index contributed by atoms with van der Waals surface area (Å²) in [6.45, 7) is 3.37. The van der Waals surface area contributed by atoms with Crippen LogP contribution in [-0.4, -0.2) is 17.1 Å². The zero-order chi connectivity index (χ0) is 89.9. The number of carboxylic acids is 1. The SMILES string of the molecule is NC(Cc1ccc(OCc2cc(OCc3cc(OCc4cc(OCc5ccccc5)cc(OCc5ccccc5)c4)cc(OCc4cc(OCc5ccccc5)cc(OCc5ccccc5)c4)c3)cc(OCc3cc(OCc4cc(OCc5ccccc5)cc(OCc5ccccc5)c4)cc(OCc4cc(OCc5ccccc5)cc(OCc5ccccc5)c4)c3)c2)cc1)C(=O)O. The first-order valence-corrected chi connectivity index (χ1v) is 43.7. The zero-order valence-electron chi connectivity index (χ0n) is 73.0. The van der Waals surface area contributed by atoms with E-state index in [1.54, 1.807) is 12.1 Å². The molecule has 3 N–H and O–H groups in total. The van der Waals surface area contributed by atoms with E-state index in [1.165, 1.54) is 0 Å². The summed E-state index contributed by atoms with van der Waals surface area (Å²) in [7, 11) is 0. The molecule has 0 spiro atoms. The number of ether oxygens (including phenoxy) is 15. The third-order valence-corrected chi connectivity index (χ3v) is 21.1. The number of rotatable bonds is 48. The van der Waals surface area contributed by atoms with Crippen LogP contribution in [-0.2, 0) is 110 Å². The van der Waals surface area contributed by atoms with E-state index in [4.69, 9.17) is 76.8 Å². The topological polar surface area (TPSA) is 202 Å². The third kappa shape index (κ3) is 28.7. The lowest BCUT2D eigenvalue weighted by Crippen LogP contribution is -2.32. The molecule has 16 aromatic carbocycles. The van der Waals surface area contributed by atoms with E-state index in [0.717, 1.165) is 72.3 Å². The highest BCUT2D eigenvalue weighted by atomic mass is 16.5. The molecular weight excluding hydrogens is 1660 g/mol. The monoisotopic (exact) mass is 1760 g/mol. The Hall–Kier alpha value is -16.1. The Bertz CT molecular complexity index is 5400. The van der Waals surface area contributed by atoms with E-state index in [1.807, 2.05) is 382 Å². The summed E-state index contributed by atoms with van der Waals surface area (Å²) in [4.78, 5) is 11.8. The second-order valence-electron chi connectivity index (χ2n) is 31.7. The van der Waals surface area contributed by atoms with Gasteiger partial charge in [0.15, 0.2) is 0 Å². The van der Waals surface area contributed by atoms with Crippen LogP contribution in [0.15, 0.2) is 394 Å². The first kappa shape index (κ1) is 89.3. The van der Waals surface area contributed by atoms with E-state index in [-0.39, 0.29) is 52.7 Å². The van der Waals surface area contributed by atoms with Crippen molar-refractivity contribution in [1.29, 1.82) is 0 Å². The van der Waals surface area contributed by atoms with Gasteiger partial charge in [0.2, 0.25) is 0 Å². The Morgan fingerprint density at radius 1 is 0.167 bits per heavy atom. The molecule has 0 aromatic heterocycles. The van der Waals surface area contributed by atoms with Gasteiger partial charge in [0.05, 0.1) is 0 Å². The van der Waals surface area contributed by atoms with Gasteiger partial charge in [0.1, 0.15) is 191 Å². The molecule has 132 heavy (non-hydrogen) atoms. The van der Waals surface area contributed by atoms with Gasteiger partial charge < -0.3 is 81.9 Å². The van der Waals surface area contributed by atoms with E-state index >= 15 is 0 Å². The number of aliphatic carboxylic acids is 1. The lowest BCUT2D eigenvalue weighted by atomic mass is 10.1. The summed E-state index contributed by atoms with van der Waals surface area (Å²) >= 11 is 0. The number of hydrogen-bond acceptors (Lipinski definition) is 17. The van der Waals surface area contributed by atoms with Crippen molar-refractivity contribution in [3.63, 3.8) is 0 Å². The number of carbonyl (C=O) groups is 1. The third-order valence-electron chi connectivity index (χ3n) is 21.1. The van der Waals surface area contributed by atoms with Gasteiger partial charge in [0.25, 0.3) is 0 Å². The fourth-order valence-electron chi connectivity index (χ4n) is 14.3. The van der Waals surface area contributed by atoms with Crippen molar-refractivity contribution in [2.45, 2.75) is 112 Å². The molecule has 16 aromatic rings. The molecule has 0 aliphatic heterocycles. The van der Waals surface area contributed by atoms with Crippen molar-refractivity contribution < 1.29 is 81.0 Å². The van der Waals surface area contributed by atoms with Crippen LogP contribution in [0.1, 0.15) is 89.0 Å². The highest BCUT2D eigenvalue weighted by Gasteiger charge is 2.19. The van der Waals surface area contributed by atoms with Crippen LogP contribution in [0.3, 0.4) is 0 Å². The van der Waals surface area contributed by atoms with E-state index in [2.05, 4.69) is 0 Å². The van der Waals surface area contributed by atoms with Gasteiger partial charge in [0, 0.05) is 42.5 Å². The fraction of sp³-hybridized carbons (Fsp3) is 0.149. The normalized spacial score (nSPS) is 11.1. The minimum Gasteiger partial charge on any atom is -0.489 e. The Morgan fingerprint density at radius 2 is 0.295 bits per heavy atom. The summed E-state index contributed by atoms with van der Waals surface area (Å²) in [5.41, 5.74) is 20.2. The fourth-order valence-corrected chi connectivity index (χ4v) is 14.3. The van der Waals surface area contributed by atoms with Crippen LogP contribution in [0.4, 0.5) is 0 Å². The molecule has 0 bridgehead atoms. The quantitative estimate of drug-likeness (QED) is 0.0364. The predicted octanol–water partition coefficient (Wildman–Crippen LogP) is 24.3. The molecule has 0 aliphatic rings. The average Bonchev–Trinajstić information content (AvgIpc) is 0.843. The molecule has 18 nitrogen and oxygen atoms in total. The van der Waals surface area contributed by atoms with Crippen molar-refractivity contribution in [3.05, 3.63) is 483 Å². The van der Waals surface area contributed by atoms with Crippen LogP contribution >= 0.6 is 0 Å². The summed E-state index contributed by atoms with van der Waals surface area (Å²) < 4.78 is 99.3. The molecule has 1 atom stereocenters. The maximum absolute atomic E-state index is 11.8. The van der Waals surface area contributed by atoms with Crippen LogP contribution < -0.4 is 76.8 Å². The molecule has 0 aliphatic carbocycles. The molecular formula is C114H101NO17. The molecule has 18 heteroatoms. The molecule has 0 heterocycles. The first-order chi connectivity index (χ1) is 64.9. The smallest absolute Gasteiger partial charge is 0.320 e. The van der Waals surface area contributed by atoms with Crippen molar-refractivity contribution in [3.8, 4) is 86.2 Å². The number of benzene rings is 16. The lowest BCUT2D eigenvalue weighted by Gasteiger charge is -2.17. The maximum Gasteiger partial charge on any atom is 0.320 e. The molecule has 0 fully saturated rings. The maximum atomic E-state index is 11.8. The van der Waals surface area contributed by atoms with Gasteiger partial charge in [-0.25, -0.2) is 0 Å². The standard InChI is InChI=1S/C114H101NO17/c115-113(114(116)117)59-82-41-43-98(44-42-82)118-75-91-45-107(127-80-96-55-109(129-76-92-47-99(119-67-83-25-9-1-10-26-83)60-100(48-92)120-68-84-27-11-2-12-28-84)65-110(56-96)130-77-93-49-101(121-69-85-29-13-3-14-30-85)61-102(50-93)122-70-86-31-15-4-16-32-86)64-108(46-91)128-81-97-57-111(131-78-94-51-103(123-71-87-33-17-5-18-34-87)62-104(52-94)124-72-88-35-19-6-20-36-88)66-112(58-97)132-79-95-53-105(125-73-89-37-21-7-22-38-89)63-106(54-95)126-74-90-39-23-8-24-40-90/h1-58,60-66,113H,59,67-81,115H2,(H,116,117). The second kappa shape index (κ2) is 46.6. The van der Waals surface area contributed by atoms with E-state index in [9.17, 15) is 9.90 Å². The Balaban J connectivity index is 0.708. The number of carboxylic acid groups (broad SMARTS) is 1. The van der Waals surface area contributed by atoms with Crippen LogP contribution in [0.25, 0.3) is 0 Å². The first-order valence-electron chi connectivity index (χ1n) is 43.7. The van der Waals surface area contributed by atoms with Gasteiger partial charge in [-0.15, -0.1) is 0 Å². The van der Waals surface area contributed by atoms with Crippen LogP contribution in [0.2, 0.25) is 0 Å². The largest absolute Gasteiger partial charge is 0.489 e. The summed E-state index contributed by atoms with van der Waals surface area (Å²) in [5.74, 6) is 7.25. The minimum atomic E-state index is -1.09. The van der Waals surface area contributed by atoms with Crippen LogP contribution in [0.5, 0.6) is 86.2 Å². The highest BCUT2D eigenvalue weighted by molar-refractivity contribution is 5.73. The van der Waals surface area contributed by atoms with Crippen molar-refractivity contribution >= 4 is 5.97 Å². The van der Waals surface area contributed by atoms with Gasteiger partial charge in [-0.1, -0.05) is 255 Å². The Morgan fingerprint density at radius 3 is 0.432 bits per heavy atom. The molecule has 0 saturated carbocycles. The van der Waals surface area contributed by atoms with E-state index < -0.39 is 12.0 Å². The molecule has 1 unspecified atom stereocenters. The number of nitrogens with two attached hydrogens (primary N) is 1. The second-order valence-corrected chi connectivity index (χ2v) is 31.7. The van der Waals surface area contributed by atoms with Gasteiger partial charge in [-0.3, -0.25) is 4.79 Å². The molecule has 0 amide bonds. The zero-order valence-corrected chi connectivity index (χ0v) is 73.0. The number of hydrogen-bond donors (Lipinski definition) is 2. The van der Waals surface area contributed by atoms with Crippen LogP contribution in [0, 0.1) is 0 Å². The predicted molar refractivity (Wildman–Crippen MR) is 507 cm³/mol. The molecule has 0 saturated heterocycles. The van der Waals surface area contributed by atoms with E-state index in [0.29, 0.717) is 156 Å². The summed E-state index contributed by atoms with van der Waals surface area (Å²) in [5, 5.41) is 9.62. The summed E-state index contributed by atoms with van der Waals surface area (Å²) in [6.07, 6.45) is 0.145. The minimum absolute atomic E-state index is 0.0311. The van der Waals surface area contributed by atoms with Gasteiger partial charge >= 0.3 is 5.97 Å². The molecule has 664 valence electrons. The average molecular weight is 1760 g/mol. The van der Waals surface area contributed by atoms with Gasteiger partial charge in [-0.2, -0.15) is 0 Å².